The molecule has 0 aliphatic rings. The fraction of sp³-hybridized carbons (Fsp3) is 0.364. The maximum Gasteiger partial charge on any atom is 0.181 e. The zero-order valence-corrected chi connectivity index (χ0v) is 11.1. The standard InChI is InChI=1S/C11H13BrO2S/c1-3-14-8-5-4-6-9(15)10(8)11(13)7(2)12/h4-7,15H,3H2,1-2H3. The molecule has 1 unspecified atom stereocenters. The summed E-state index contributed by atoms with van der Waals surface area (Å²) < 4.78 is 5.40. The van der Waals surface area contributed by atoms with Crippen molar-refractivity contribution in [1.29, 1.82) is 0 Å². The van der Waals surface area contributed by atoms with E-state index in [2.05, 4.69) is 28.6 Å². The number of hydrogen-bond donors (Lipinski definition) is 1. The van der Waals surface area contributed by atoms with Crippen molar-refractivity contribution in [2.75, 3.05) is 6.61 Å². The second kappa shape index (κ2) is 5.56. The predicted octanol–water partition coefficient (Wildman–Crippen LogP) is 3.34. The van der Waals surface area contributed by atoms with Crippen molar-refractivity contribution in [2.45, 2.75) is 23.6 Å². The van der Waals surface area contributed by atoms with Gasteiger partial charge in [-0.05, 0) is 26.0 Å². The molecule has 0 radical (unpaired) electrons. The van der Waals surface area contributed by atoms with Gasteiger partial charge in [0.25, 0.3) is 0 Å². The van der Waals surface area contributed by atoms with Gasteiger partial charge in [0.05, 0.1) is 17.0 Å². The van der Waals surface area contributed by atoms with Crippen LogP contribution in [0.4, 0.5) is 0 Å². The van der Waals surface area contributed by atoms with E-state index in [1.165, 1.54) is 0 Å². The summed E-state index contributed by atoms with van der Waals surface area (Å²) in [6, 6.07) is 5.39. The van der Waals surface area contributed by atoms with E-state index in [9.17, 15) is 4.79 Å². The molecule has 0 aromatic heterocycles. The van der Waals surface area contributed by atoms with E-state index >= 15 is 0 Å². The summed E-state index contributed by atoms with van der Waals surface area (Å²) in [6.45, 7) is 4.21. The van der Waals surface area contributed by atoms with Gasteiger partial charge in [0.1, 0.15) is 5.75 Å². The Bertz CT molecular complexity index is 364. The molecule has 2 nitrogen and oxygen atoms in total. The molecule has 0 bridgehead atoms. The van der Waals surface area contributed by atoms with Gasteiger partial charge in [-0.1, -0.05) is 22.0 Å². The largest absolute Gasteiger partial charge is 0.493 e. The predicted molar refractivity (Wildman–Crippen MR) is 67.6 cm³/mol. The summed E-state index contributed by atoms with van der Waals surface area (Å²) >= 11 is 7.53. The number of thiol groups is 1. The van der Waals surface area contributed by atoms with Crippen LogP contribution >= 0.6 is 28.6 Å². The molecule has 0 spiro atoms. The molecule has 0 aliphatic carbocycles. The molecular weight excluding hydrogens is 276 g/mol. The molecule has 0 fully saturated rings. The lowest BCUT2D eigenvalue weighted by Crippen LogP contribution is -2.13. The van der Waals surface area contributed by atoms with Gasteiger partial charge in [0.15, 0.2) is 5.78 Å². The molecule has 0 saturated carbocycles. The molecule has 0 heterocycles. The summed E-state index contributed by atoms with van der Waals surface area (Å²) in [5.74, 6) is 0.588. The minimum atomic E-state index is -0.231. The lowest BCUT2D eigenvalue weighted by Gasteiger charge is -2.12. The Hall–Kier alpha value is -0.480. The number of alkyl halides is 1. The number of carbonyl (C=O) groups excluding carboxylic acids is 1. The molecule has 1 aromatic rings. The van der Waals surface area contributed by atoms with E-state index < -0.39 is 0 Å². The summed E-state index contributed by atoms with van der Waals surface area (Å²) in [5.41, 5.74) is 0.548. The lowest BCUT2D eigenvalue weighted by molar-refractivity contribution is 0.0989. The van der Waals surface area contributed by atoms with Crippen molar-refractivity contribution in [3.05, 3.63) is 23.8 Å². The van der Waals surface area contributed by atoms with Gasteiger partial charge in [0, 0.05) is 4.90 Å². The Balaban J connectivity index is 3.18. The quantitative estimate of drug-likeness (QED) is 0.523. The average molecular weight is 289 g/mol. The second-order valence-corrected chi connectivity index (χ2v) is 4.92. The van der Waals surface area contributed by atoms with Crippen LogP contribution in [0.1, 0.15) is 24.2 Å². The molecule has 0 aliphatic heterocycles. The van der Waals surface area contributed by atoms with Crippen LogP contribution in [0.15, 0.2) is 23.1 Å². The van der Waals surface area contributed by atoms with Gasteiger partial charge in [-0.2, -0.15) is 0 Å². The average Bonchev–Trinajstić information content (AvgIpc) is 2.17. The smallest absolute Gasteiger partial charge is 0.181 e. The zero-order chi connectivity index (χ0) is 11.4. The molecule has 0 N–H and O–H groups in total. The molecule has 82 valence electrons. The Kier molecular flexibility index (Phi) is 4.67. The molecular formula is C11H13BrO2S. The highest BCUT2D eigenvalue weighted by Gasteiger charge is 2.19. The summed E-state index contributed by atoms with van der Waals surface area (Å²) in [5, 5.41) is 0. The maximum atomic E-state index is 11.9. The van der Waals surface area contributed by atoms with Crippen LogP contribution in [0, 0.1) is 0 Å². The van der Waals surface area contributed by atoms with Crippen LogP contribution in [-0.2, 0) is 0 Å². The monoisotopic (exact) mass is 288 g/mol. The fourth-order valence-electron chi connectivity index (χ4n) is 1.24. The number of ether oxygens (including phenoxy) is 1. The summed E-state index contributed by atoms with van der Waals surface area (Å²) in [7, 11) is 0. The molecule has 4 heteroatoms. The molecule has 1 rings (SSSR count). The van der Waals surface area contributed by atoms with Crippen molar-refractivity contribution >= 4 is 34.3 Å². The van der Waals surface area contributed by atoms with Crippen LogP contribution in [0.3, 0.4) is 0 Å². The molecule has 0 amide bonds. The van der Waals surface area contributed by atoms with Crippen molar-refractivity contribution in [3.63, 3.8) is 0 Å². The number of benzene rings is 1. The lowest BCUT2D eigenvalue weighted by atomic mass is 10.1. The third-order valence-electron chi connectivity index (χ3n) is 1.91. The van der Waals surface area contributed by atoms with E-state index in [1.54, 1.807) is 19.1 Å². The minimum Gasteiger partial charge on any atom is -0.493 e. The van der Waals surface area contributed by atoms with Gasteiger partial charge >= 0.3 is 0 Å². The third kappa shape index (κ3) is 2.98. The van der Waals surface area contributed by atoms with Crippen LogP contribution < -0.4 is 4.74 Å². The number of hydrogen-bond acceptors (Lipinski definition) is 3. The van der Waals surface area contributed by atoms with Crippen molar-refractivity contribution in [3.8, 4) is 5.75 Å². The minimum absolute atomic E-state index is 0.0101. The van der Waals surface area contributed by atoms with Gasteiger partial charge in [-0.15, -0.1) is 12.6 Å². The topological polar surface area (TPSA) is 26.3 Å². The maximum absolute atomic E-state index is 11.9. The summed E-state index contributed by atoms with van der Waals surface area (Å²) in [6.07, 6.45) is 0. The first-order valence-electron chi connectivity index (χ1n) is 4.71. The highest BCUT2D eigenvalue weighted by Crippen LogP contribution is 2.27. The number of rotatable bonds is 4. The van der Waals surface area contributed by atoms with Crippen molar-refractivity contribution in [1.82, 2.24) is 0 Å². The number of ketones is 1. The number of halogens is 1. The Morgan fingerprint density at radius 1 is 1.60 bits per heavy atom. The fourth-order valence-corrected chi connectivity index (χ4v) is 1.78. The highest BCUT2D eigenvalue weighted by molar-refractivity contribution is 9.10. The second-order valence-electron chi connectivity index (χ2n) is 3.06. The first-order valence-corrected chi connectivity index (χ1v) is 6.07. The van der Waals surface area contributed by atoms with Crippen molar-refractivity contribution < 1.29 is 9.53 Å². The van der Waals surface area contributed by atoms with E-state index in [0.717, 1.165) is 0 Å². The number of carbonyl (C=O) groups is 1. The van der Waals surface area contributed by atoms with E-state index in [1.807, 2.05) is 13.0 Å². The molecule has 1 aromatic carbocycles. The van der Waals surface area contributed by atoms with Gasteiger partial charge in [0.2, 0.25) is 0 Å². The third-order valence-corrected chi connectivity index (χ3v) is 2.70. The van der Waals surface area contributed by atoms with Gasteiger partial charge in [-0.25, -0.2) is 0 Å². The van der Waals surface area contributed by atoms with Gasteiger partial charge in [-0.3, -0.25) is 4.79 Å². The Morgan fingerprint density at radius 2 is 2.27 bits per heavy atom. The van der Waals surface area contributed by atoms with E-state index in [4.69, 9.17) is 4.74 Å². The Labute approximate surface area is 104 Å². The van der Waals surface area contributed by atoms with Crippen LogP contribution in [0.2, 0.25) is 0 Å². The normalized spacial score (nSPS) is 12.3. The SMILES string of the molecule is CCOc1cccc(S)c1C(=O)C(C)Br. The first-order chi connectivity index (χ1) is 7.07. The zero-order valence-electron chi connectivity index (χ0n) is 8.66. The van der Waals surface area contributed by atoms with Crippen molar-refractivity contribution in [2.24, 2.45) is 0 Å². The molecule has 1 atom stereocenters. The number of Topliss-reactive ketones (excluding diaryl/α,β-unsaturated/α-hetero) is 1. The van der Waals surface area contributed by atoms with Crippen LogP contribution in [0.25, 0.3) is 0 Å². The highest BCUT2D eigenvalue weighted by atomic mass is 79.9. The van der Waals surface area contributed by atoms with E-state index in [0.29, 0.717) is 22.8 Å². The summed E-state index contributed by atoms with van der Waals surface area (Å²) in [4.78, 5) is 12.3. The first kappa shape index (κ1) is 12.6. The van der Waals surface area contributed by atoms with Crippen LogP contribution in [-0.4, -0.2) is 17.2 Å². The Morgan fingerprint density at radius 3 is 2.80 bits per heavy atom. The van der Waals surface area contributed by atoms with Gasteiger partial charge < -0.3 is 4.74 Å². The molecule has 15 heavy (non-hydrogen) atoms. The van der Waals surface area contributed by atoms with E-state index in [-0.39, 0.29) is 10.6 Å². The molecule has 0 saturated heterocycles. The van der Waals surface area contributed by atoms with Crippen LogP contribution in [0.5, 0.6) is 5.75 Å².